The lowest BCUT2D eigenvalue weighted by Gasteiger charge is -2.24. The van der Waals surface area contributed by atoms with E-state index >= 15 is 0 Å². The molecule has 1 aromatic rings. The number of hydrogen-bond acceptors (Lipinski definition) is 2. The van der Waals surface area contributed by atoms with Crippen molar-refractivity contribution in [2.45, 2.75) is 52.4 Å². The summed E-state index contributed by atoms with van der Waals surface area (Å²) in [6, 6.07) is 6.48. The molecule has 1 N–H and O–H groups in total. The number of benzene rings is 1. The second-order valence-corrected chi connectivity index (χ2v) is 7.77. The molecule has 2 rings (SSSR count). The number of hydrogen-bond donors (Lipinski definition) is 1. The first-order valence-corrected chi connectivity index (χ1v) is 9.12. The van der Waals surface area contributed by atoms with Crippen molar-refractivity contribution in [3.05, 3.63) is 29.3 Å². The Labute approximate surface area is 142 Å². The van der Waals surface area contributed by atoms with Gasteiger partial charge in [0.15, 0.2) is 0 Å². The number of nitrogens with one attached hydrogen (secondary N) is 1. The third-order valence-corrected chi connectivity index (χ3v) is 4.59. The minimum atomic E-state index is 0.0987. The van der Waals surface area contributed by atoms with Crippen molar-refractivity contribution in [3.63, 3.8) is 0 Å². The lowest BCUT2D eigenvalue weighted by atomic mass is 9.86. The van der Waals surface area contributed by atoms with Crippen LogP contribution in [-0.2, 0) is 10.2 Å². The highest BCUT2D eigenvalue weighted by Crippen LogP contribution is 2.31. The highest BCUT2D eigenvalue weighted by molar-refractivity contribution is 5.41. The van der Waals surface area contributed by atoms with Crippen LogP contribution < -0.4 is 9.64 Å². The van der Waals surface area contributed by atoms with E-state index in [9.17, 15) is 0 Å². The first-order chi connectivity index (χ1) is 11.0. The SMILES string of the molecule is Cc1ccc(C(C)(C)C)c(OCCOCC[NH+]2CCCCC2)c1. The van der Waals surface area contributed by atoms with Gasteiger partial charge in [0, 0.05) is 0 Å². The van der Waals surface area contributed by atoms with Crippen LogP contribution in [0.3, 0.4) is 0 Å². The number of quaternary nitrogens is 1. The molecule has 0 amide bonds. The Morgan fingerprint density at radius 3 is 2.43 bits per heavy atom. The van der Waals surface area contributed by atoms with E-state index in [4.69, 9.17) is 9.47 Å². The van der Waals surface area contributed by atoms with E-state index in [1.807, 2.05) is 0 Å². The minimum absolute atomic E-state index is 0.0987. The van der Waals surface area contributed by atoms with E-state index in [1.54, 1.807) is 4.90 Å². The number of piperidine rings is 1. The smallest absolute Gasteiger partial charge is 0.123 e. The Bertz CT molecular complexity index is 473. The fraction of sp³-hybridized carbons (Fsp3) is 0.700. The van der Waals surface area contributed by atoms with Gasteiger partial charge in [-0.25, -0.2) is 0 Å². The molecule has 130 valence electrons. The molecule has 1 aliphatic heterocycles. The van der Waals surface area contributed by atoms with Gasteiger partial charge in [-0.1, -0.05) is 32.9 Å². The van der Waals surface area contributed by atoms with E-state index < -0.39 is 0 Å². The van der Waals surface area contributed by atoms with Crippen LogP contribution in [0.15, 0.2) is 18.2 Å². The molecule has 1 aliphatic rings. The van der Waals surface area contributed by atoms with Crippen molar-refractivity contribution in [2.24, 2.45) is 0 Å². The third-order valence-electron chi connectivity index (χ3n) is 4.59. The topological polar surface area (TPSA) is 22.9 Å². The van der Waals surface area contributed by atoms with Crippen LogP contribution in [0.2, 0.25) is 0 Å². The van der Waals surface area contributed by atoms with Crippen molar-refractivity contribution in [2.75, 3.05) is 39.5 Å². The molecule has 1 aromatic carbocycles. The Morgan fingerprint density at radius 1 is 1.00 bits per heavy atom. The van der Waals surface area contributed by atoms with Crippen LogP contribution in [-0.4, -0.2) is 39.5 Å². The predicted molar refractivity (Wildman–Crippen MR) is 95.6 cm³/mol. The zero-order chi connectivity index (χ0) is 16.7. The van der Waals surface area contributed by atoms with Gasteiger partial charge in [-0.15, -0.1) is 0 Å². The molecule has 0 unspecified atom stereocenters. The van der Waals surface area contributed by atoms with Gasteiger partial charge >= 0.3 is 0 Å². The second-order valence-electron chi connectivity index (χ2n) is 7.77. The fourth-order valence-electron chi connectivity index (χ4n) is 3.20. The Kier molecular flexibility index (Phi) is 6.91. The minimum Gasteiger partial charge on any atom is -0.491 e. The summed E-state index contributed by atoms with van der Waals surface area (Å²) in [6.45, 7) is 14.7. The summed E-state index contributed by atoms with van der Waals surface area (Å²) in [5.41, 5.74) is 2.60. The van der Waals surface area contributed by atoms with E-state index in [0.717, 1.165) is 18.9 Å². The molecule has 0 spiro atoms. The van der Waals surface area contributed by atoms with Crippen LogP contribution in [0.25, 0.3) is 0 Å². The second kappa shape index (κ2) is 8.70. The van der Waals surface area contributed by atoms with Gasteiger partial charge in [0.05, 0.1) is 26.3 Å². The molecule has 0 bridgehead atoms. The van der Waals surface area contributed by atoms with Gasteiger partial charge in [-0.2, -0.15) is 0 Å². The van der Waals surface area contributed by atoms with Gasteiger partial charge in [0.25, 0.3) is 0 Å². The molecule has 1 fully saturated rings. The van der Waals surface area contributed by atoms with Crippen LogP contribution in [0.4, 0.5) is 0 Å². The van der Waals surface area contributed by atoms with Gasteiger partial charge < -0.3 is 14.4 Å². The average molecular weight is 320 g/mol. The highest BCUT2D eigenvalue weighted by atomic mass is 16.5. The maximum absolute atomic E-state index is 6.00. The van der Waals surface area contributed by atoms with E-state index in [-0.39, 0.29) is 5.41 Å². The van der Waals surface area contributed by atoms with Crippen molar-refractivity contribution < 1.29 is 14.4 Å². The summed E-state index contributed by atoms with van der Waals surface area (Å²) in [5.74, 6) is 1.00. The van der Waals surface area contributed by atoms with Crippen LogP contribution in [0.5, 0.6) is 5.75 Å². The Hall–Kier alpha value is -1.06. The molecule has 0 aromatic heterocycles. The molecule has 3 heteroatoms. The molecule has 23 heavy (non-hydrogen) atoms. The number of likely N-dealkylation sites (tertiary alicyclic amines) is 1. The molecule has 0 aliphatic carbocycles. The quantitative estimate of drug-likeness (QED) is 0.781. The molecule has 0 radical (unpaired) electrons. The lowest BCUT2D eigenvalue weighted by Crippen LogP contribution is -3.13. The Morgan fingerprint density at radius 2 is 1.74 bits per heavy atom. The molecule has 3 nitrogen and oxygen atoms in total. The maximum atomic E-state index is 6.00. The molecule has 1 heterocycles. The van der Waals surface area contributed by atoms with Crippen molar-refractivity contribution in [3.8, 4) is 5.75 Å². The number of ether oxygens (including phenoxy) is 2. The van der Waals surface area contributed by atoms with Crippen molar-refractivity contribution in [1.29, 1.82) is 0 Å². The van der Waals surface area contributed by atoms with Gasteiger partial charge in [-0.05, 0) is 48.8 Å². The maximum Gasteiger partial charge on any atom is 0.123 e. The predicted octanol–water partition coefficient (Wildman–Crippen LogP) is 2.76. The first kappa shape index (κ1) is 18.3. The van der Waals surface area contributed by atoms with E-state index in [2.05, 4.69) is 45.9 Å². The van der Waals surface area contributed by atoms with Gasteiger partial charge in [0.1, 0.15) is 18.9 Å². The summed E-state index contributed by atoms with van der Waals surface area (Å²) in [5, 5.41) is 0. The van der Waals surface area contributed by atoms with Gasteiger partial charge in [0.2, 0.25) is 0 Å². The highest BCUT2D eigenvalue weighted by Gasteiger charge is 2.19. The third kappa shape index (κ3) is 6.15. The Balaban J connectivity index is 1.70. The fourth-order valence-corrected chi connectivity index (χ4v) is 3.20. The monoisotopic (exact) mass is 320 g/mol. The van der Waals surface area contributed by atoms with Crippen LogP contribution in [0.1, 0.15) is 51.2 Å². The summed E-state index contributed by atoms with van der Waals surface area (Å²) >= 11 is 0. The summed E-state index contributed by atoms with van der Waals surface area (Å²) < 4.78 is 11.8. The largest absolute Gasteiger partial charge is 0.491 e. The lowest BCUT2D eigenvalue weighted by molar-refractivity contribution is -0.905. The van der Waals surface area contributed by atoms with Crippen LogP contribution in [0, 0.1) is 6.92 Å². The number of aryl methyl sites for hydroxylation is 1. The molecular formula is C20H34NO2+. The zero-order valence-electron chi connectivity index (χ0n) is 15.4. The van der Waals surface area contributed by atoms with E-state index in [1.165, 1.54) is 43.5 Å². The van der Waals surface area contributed by atoms with Crippen molar-refractivity contribution in [1.82, 2.24) is 0 Å². The summed E-state index contributed by atoms with van der Waals surface area (Å²) in [6.07, 6.45) is 4.16. The average Bonchev–Trinajstić information content (AvgIpc) is 2.50. The molecule has 0 saturated carbocycles. The standard InChI is InChI=1S/C20H33NO2/c1-17-8-9-18(20(2,3)4)19(16-17)23-15-14-22-13-12-21-10-6-5-7-11-21/h8-9,16H,5-7,10-15H2,1-4H3/p+1. The van der Waals surface area contributed by atoms with Gasteiger partial charge in [-0.3, -0.25) is 0 Å². The van der Waals surface area contributed by atoms with E-state index in [0.29, 0.717) is 13.2 Å². The first-order valence-electron chi connectivity index (χ1n) is 9.12. The summed E-state index contributed by atoms with van der Waals surface area (Å²) in [7, 11) is 0. The molecular weight excluding hydrogens is 286 g/mol. The zero-order valence-corrected chi connectivity index (χ0v) is 15.4. The molecule has 0 atom stereocenters. The number of rotatable bonds is 7. The molecule has 1 saturated heterocycles. The van der Waals surface area contributed by atoms with Crippen molar-refractivity contribution >= 4 is 0 Å². The summed E-state index contributed by atoms with van der Waals surface area (Å²) in [4.78, 5) is 1.70. The normalized spacial score (nSPS) is 16.5. The van der Waals surface area contributed by atoms with Crippen LogP contribution >= 0.6 is 0 Å².